The molecular weight excluding hydrogens is 505 g/mol. The van der Waals surface area contributed by atoms with E-state index >= 15 is 0 Å². The monoisotopic (exact) mass is 536 g/mol. The van der Waals surface area contributed by atoms with E-state index in [4.69, 9.17) is 30.8 Å². The third-order valence-electron chi connectivity index (χ3n) is 5.57. The van der Waals surface area contributed by atoms with Crippen molar-refractivity contribution in [2.45, 2.75) is 63.8 Å². The summed E-state index contributed by atoms with van der Waals surface area (Å²) in [5.74, 6) is -0.464. The Hall–Kier alpha value is -3.27. The maximum atomic E-state index is 13.7. The van der Waals surface area contributed by atoms with E-state index in [2.05, 4.69) is 14.9 Å². The number of carbonyl (C=O) groups excluding carboxylic acids is 1. The molecule has 14 heteroatoms. The Morgan fingerprint density at radius 1 is 1.35 bits per heavy atom. The molecule has 13 nitrogen and oxygen atoms in total. The van der Waals surface area contributed by atoms with E-state index in [-0.39, 0.29) is 11.6 Å². The van der Waals surface area contributed by atoms with Crippen LogP contribution in [0.3, 0.4) is 0 Å². The number of nitrogens with zero attached hydrogens (tertiary/aromatic N) is 3. The molecule has 0 aliphatic carbocycles. The molecule has 6 atom stereocenters. The van der Waals surface area contributed by atoms with Crippen molar-refractivity contribution in [3.63, 3.8) is 0 Å². The van der Waals surface area contributed by atoms with Crippen LogP contribution in [0.4, 0.5) is 5.82 Å². The van der Waals surface area contributed by atoms with Gasteiger partial charge in [0.15, 0.2) is 6.10 Å². The second kappa shape index (κ2) is 11.4. The molecular formula is C23H31N5O8P+. The summed E-state index contributed by atoms with van der Waals surface area (Å²) in [6.07, 6.45) is -2.78. The number of esters is 1. The lowest BCUT2D eigenvalue weighted by atomic mass is 9.93. The predicted molar refractivity (Wildman–Crippen MR) is 134 cm³/mol. The number of carbonyl (C=O) groups is 1. The van der Waals surface area contributed by atoms with Gasteiger partial charge < -0.3 is 24.8 Å². The van der Waals surface area contributed by atoms with E-state index in [1.54, 1.807) is 44.2 Å². The Morgan fingerprint density at radius 3 is 2.62 bits per heavy atom. The van der Waals surface area contributed by atoms with Crippen LogP contribution in [0.1, 0.15) is 33.9 Å². The SMILES string of the molecule is C#[N+][C@]1(C)[C@H](O)[C@@H](COP(=O)(N[C@@H](C)C(=O)OC(C)C)Oc2ccccc2)O[C@H]1n1ccc(N)nc1=O. The fourth-order valence-corrected chi connectivity index (χ4v) is 5.13. The molecule has 0 radical (unpaired) electrons. The van der Waals surface area contributed by atoms with Crippen molar-refractivity contribution >= 4 is 19.5 Å². The van der Waals surface area contributed by atoms with Crippen LogP contribution in [0.15, 0.2) is 47.4 Å². The number of nitrogens with two attached hydrogens (primary N) is 1. The summed E-state index contributed by atoms with van der Waals surface area (Å²) in [4.78, 5) is 32.1. The highest BCUT2D eigenvalue weighted by Crippen LogP contribution is 2.47. The maximum absolute atomic E-state index is 13.7. The standard InChI is InChI=1S/C23H30N5O8P/c1-14(2)34-20(30)15(3)27-37(32,36-16-9-7-6-8-10-16)33-13-17-19(29)23(4,25-5)21(35-17)28-12-11-18(24)26-22(28)31/h5-12,14-15,17,19,21,29H,13H2,1-4H3,(H2-,24,26,27,31,32)/p+1/t15-,17+,19+,21+,23+,37?/m0/s1. The van der Waals surface area contributed by atoms with Crippen LogP contribution in [-0.2, 0) is 23.4 Å². The summed E-state index contributed by atoms with van der Waals surface area (Å²) in [7, 11) is -4.23. The van der Waals surface area contributed by atoms with Gasteiger partial charge in [-0.25, -0.2) is 9.36 Å². The number of benzene rings is 1. The zero-order valence-corrected chi connectivity index (χ0v) is 21.8. The third-order valence-corrected chi connectivity index (χ3v) is 7.22. The van der Waals surface area contributed by atoms with Crippen molar-refractivity contribution in [3.05, 3.63) is 57.9 Å². The molecule has 0 bridgehead atoms. The van der Waals surface area contributed by atoms with Crippen molar-refractivity contribution < 1.29 is 33.0 Å². The van der Waals surface area contributed by atoms with Crippen molar-refractivity contribution in [3.8, 4) is 12.3 Å². The summed E-state index contributed by atoms with van der Waals surface area (Å²) in [5.41, 5.74) is 3.32. The Morgan fingerprint density at radius 2 is 2.03 bits per heavy atom. The molecule has 1 unspecified atom stereocenters. The van der Waals surface area contributed by atoms with Crippen LogP contribution in [-0.4, -0.2) is 57.1 Å². The number of aromatic nitrogens is 2. The Bertz CT molecular complexity index is 1250. The number of rotatable bonds is 10. The number of para-hydroxylation sites is 1. The largest absolute Gasteiger partial charge is 0.462 e. The number of nitrogen functional groups attached to an aromatic ring is 1. The van der Waals surface area contributed by atoms with E-state index in [9.17, 15) is 19.3 Å². The highest BCUT2D eigenvalue weighted by Gasteiger charge is 2.63. The smallest absolute Gasteiger partial charge is 0.459 e. The number of hydrogen-bond acceptors (Lipinski definition) is 10. The average Bonchev–Trinajstić information content (AvgIpc) is 3.08. The maximum Gasteiger partial charge on any atom is 0.459 e. The topological polar surface area (TPSA) is 169 Å². The molecule has 1 fully saturated rings. The first-order valence-electron chi connectivity index (χ1n) is 11.5. The van der Waals surface area contributed by atoms with Crippen LogP contribution in [0.25, 0.3) is 4.85 Å². The van der Waals surface area contributed by atoms with Crippen molar-refractivity contribution in [1.29, 1.82) is 0 Å². The van der Waals surface area contributed by atoms with Crippen LogP contribution in [0.5, 0.6) is 5.75 Å². The zero-order valence-electron chi connectivity index (χ0n) is 20.9. The third kappa shape index (κ3) is 6.54. The minimum Gasteiger partial charge on any atom is -0.462 e. The molecule has 1 aliphatic heterocycles. The lowest BCUT2D eigenvalue weighted by Crippen LogP contribution is -2.44. The molecule has 4 N–H and O–H groups in total. The van der Waals surface area contributed by atoms with E-state index in [1.165, 1.54) is 26.1 Å². The summed E-state index contributed by atoms with van der Waals surface area (Å²) in [6, 6.07) is 8.48. The Kier molecular flexibility index (Phi) is 8.73. The fraction of sp³-hybridized carbons (Fsp3) is 0.478. The molecule has 2 aromatic rings. The normalized spacial score (nSPS) is 25.7. The van der Waals surface area contributed by atoms with Gasteiger partial charge in [0.2, 0.25) is 6.23 Å². The second-order valence-corrected chi connectivity index (χ2v) is 10.6. The fourth-order valence-electron chi connectivity index (χ4n) is 3.63. The van der Waals surface area contributed by atoms with Gasteiger partial charge in [-0.3, -0.25) is 13.9 Å². The van der Waals surface area contributed by atoms with E-state index in [1.807, 2.05) is 0 Å². The predicted octanol–water partition coefficient (Wildman–Crippen LogP) is 1.94. The van der Waals surface area contributed by atoms with Gasteiger partial charge in [0.05, 0.1) is 12.7 Å². The van der Waals surface area contributed by atoms with Gasteiger partial charge in [-0.1, -0.05) is 23.0 Å². The molecule has 1 aromatic heterocycles. The first-order chi connectivity index (χ1) is 17.4. The van der Waals surface area contributed by atoms with Crippen molar-refractivity contribution in [2.24, 2.45) is 0 Å². The summed E-state index contributed by atoms with van der Waals surface area (Å²) in [5, 5.41) is 13.5. The Labute approximate surface area is 213 Å². The highest BCUT2D eigenvalue weighted by atomic mass is 31.2. The quantitative estimate of drug-likeness (QED) is 0.300. The number of aliphatic hydroxyl groups excluding tert-OH is 1. The van der Waals surface area contributed by atoms with Gasteiger partial charge in [0.25, 0.3) is 6.57 Å². The van der Waals surface area contributed by atoms with E-state index < -0.39 is 62.1 Å². The van der Waals surface area contributed by atoms with Gasteiger partial charge >= 0.3 is 24.9 Å². The molecule has 0 amide bonds. The summed E-state index contributed by atoms with van der Waals surface area (Å²) >= 11 is 0. The molecule has 1 aromatic carbocycles. The minimum absolute atomic E-state index is 0.00116. The molecule has 200 valence electrons. The molecule has 0 saturated carbocycles. The van der Waals surface area contributed by atoms with Gasteiger partial charge in [-0.2, -0.15) is 10.1 Å². The summed E-state index contributed by atoms with van der Waals surface area (Å²) < 4.78 is 37.0. The van der Waals surface area contributed by atoms with Gasteiger partial charge in [0, 0.05) is 13.1 Å². The van der Waals surface area contributed by atoms with Gasteiger partial charge in [-0.15, -0.1) is 0 Å². The van der Waals surface area contributed by atoms with Gasteiger partial charge in [0.1, 0.15) is 23.7 Å². The number of ether oxygens (including phenoxy) is 2. The van der Waals surface area contributed by atoms with Gasteiger partial charge in [-0.05, 0) is 39.0 Å². The zero-order chi connectivity index (χ0) is 27.4. The molecule has 2 heterocycles. The number of hydrogen-bond donors (Lipinski definition) is 3. The van der Waals surface area contributed by atoms with Crippen LogP contribution >= 0.6 is 7.75 Å². The second-order valence-electron chi connectivity index (χ2n) is 8.90. The average molecular weight is 537 g/mol. The van der Waals surface area contributed by atoms with Crippen LogP contribution < -0.4 is 21.0 Å². The first kappa shape index (κ1) is 28.3. The molecule has 1 saturated heterocycles. The van der Waals surface area contributed by atoms with E-state index in [0.29, 0.717) is 0 Å². The lowest BCUT2D eigenvalue weighted by Gasteiger charge is -2.24. The van der Waals surface area contributed by atoms with E-state index in [0.717, 1.165) is 4.57 Å². The van der Waals surface area contributed by atoms with Crippen molar-refractivity contribution in [2.75, 3.05) is 12.3 Å². The number of nitrogens with one attached hydrogen (secondary N) is 1. The first-order valence-corrected chi connectivity index (χ1v) is 13.0. The Balaban J connectivity index is 1.83. The lowest BCUT2D eigenvalue weighted by molar-refractivity contribution is -0.149. The molecule has 3 rings (SSSR count). The van der Waals surface area contributed by atoms with Crippen molar-refractivity contribution in [1.82, 2.24) is 14.6 Å². The van der Waals surface area contributed by atoms with Crippen LogP contribution in [0.2, 0.25) is 0 Å². The summed E-state index contributed by atoms with van der Waals surface area (Å²) in [6.45, 7) is 11.4. The molecule has 1 aliphatic rings. The highest BCUT2D eigenvalue weighted by molar-refractivity contribution is 7.52. The number of anilines is 1. The van der Waals surface area contributed by atoms with Crippen LogP contribution in [0, 0.1) is 6.57 Å². The number of aliphatic hydroxyl groups is 1. The molecule has 37 heavy (non-hydrogen) atoms. The minimum atomic E-state index is -4.23. The molecule has 0 spiro atoms.